The Morgan fingerprint density at radius 2 is 2.00 bits per heavy atom. The molecule has 2 amide bonds. The van der Waals surface area contributed by atoms with Crippen LogP contribution in [0, 0.1) is 13.8 Å². The molecule has 23 heavy (non-hydrogen) atoms. The topological polar surface area (TPSA) is 53.6 Å². The fourth-order valence-electron chi connectivity index (χ4n) is 3.18. The summed E-state index contributed by atoms with van der Waals surface area (Å²) in [5.41, 5.74) is 3.62. The van der Waals surface area contributed by atoms with Gasteiger partial charge >= 0.3 is 6.03 Å². The quantitative estimate of drug-likeness (QED) is 0.876. The maximum atomic E-state index is 12.1. The molecule has 1 aliphatic heterocycles. The van der Waals surface area contributed by atoms with Crippen LogP contribution in [-0.4, -0.2) is 50.3 Å². The fourth-order valence-corrected chi connectivity index (χ4v) is 3.18. The highest BCUT2D eigenvalue weighted by atomic mass is 16.5. The summed E-state index contributed by atoms with van der Waals surface area (Å²) < 4.78 is 5.43. The molecule has 1 atom stereocenters. The lowest BCUT2D eigenvalue weighted by Crippen LogP contribution is -2.42. The summed E-state index contributed by atoms with van der Waals surface area (Å²) in [6.07, 6.45) is 1.07. The van der Waals surface area contributed by atoms with Crippen LogP contribution in [0.2, 0.25) is 0 Å². The number of carbonyl (C=O) groups is 1. The molecule has 128 valence electrons. The van der Waals surface area contributed by atoms with Gasteiger partial charge in [-0.05, 0) is 43.9 Å². The van der Waals surface area contributed by atoms with E-state index in [0.29, 0.717) is 6.54 Å². The van der Waals surface area contributed by atoms with Crippen molar-refractivity contribution in [3.63, 3.8) is 0 Å². The molecule has 0 bridgehead atoms. The Morgan fingerprint density at radius 3 is 2.74 bits per heavy atom. The summed E-state index contributed by atoms with van der Waals surface area (Å²) in [4.78, 5) is 14.4. The average Bonchev–Trinajstić information content (AvgIpc) is 2.75. The van der Waals surface area contributed by atoms with E-state index in [1.807, 2.05) is 13.0 Å². The monoisotopic (exact) mass is 319 g/mol. The van der Waals surface area contributed by atoms with E-state index in [0.717, 1.165) is 39.3 Å². The summed E-state index contributed by atoms with van der Waals surface area (Å²) in [5, 5.41) is 5.99. The van der Waals surface area contributed by atoms with Gasteiger partial charge in [0.2, 0.25) is 0 Å². The van der Waals surface area contributed by atoms with Gasteiger partial charge in [-0.1, -0.05) is 18.2 Å². The molecular formula is C18H29N3O2. The first kappa shape index (κ1) is 17.8. The summed E-state index contributed by atoms with van der Waals surface area (Å²) in [7, 11) is 0. The highest BCUT2D eigenvalue weighted by Crippen LogP contribution is 2.21. The van der Waals surface area contributed by atoms with E-state index in [4.69, 9.17) is 4.74 Å². The molecule has 0 aliphatic carbocycles. The number of aryl methyl sites for hydroxylation is 2. The smallest absolute Gasteiger partial charge is 0.315 e. The standard InChI is InChI=1S/C18H29N3O2/c1-14-6-4-7-15(2)17(14)16(3)20-18(22)19-8-10-21-9-5-12-23-13-11-21/h4,6-7,16H,5,8-13H2,1-3H3,(H2,19,20,22)/t16-/m0/s1. The summed E-state index contributed by atoms with van der Waals surface area (Å²) in [5.74, 6) is 0. The fraction of sp³-hybridized carbons (Fsp3) is 0.611. The Morgan fingerprint density at radius 1 is 1.26 bits per heavy atom. The van der Waals surface area contributed by atoms with Crippen molar-refractivity contribution in [2.24, 2.45) is 0 Å². The molecule has 1 aliphatic rings. The van der Waals surface area contributed by atoms with Gasteiger partial charge in [-0.3, -0.25) is 4.90 Å². The minimum Gasteiger partial charge on any atom is -0.380 e. The molecule has 1 heterocycles. The first-order chi connectivity index (χ1) is 11.1. The lowest BCUT2D eigenvalue weighted by Gasteiger charge is -2.21. The average molecular weight is 319 g/mol. The summed E-state index contributed by atoms with van der Waals surface area (Å²) in [6, 6.07) is 6.11. The Labute approximate surface area is 139 Å². The first-order valence-corrected chi connectivity index (χ1v) is 8.48. The molecule has 5 nitrogen and oxygen atoms in total. The zero-order chi connectivity index (χ0) is 16.7. The Hall–Kier alpha value is -1.59. The van der Waals surface area contributed by atoms with Gasteiger partial charge in [0, 0.05) is 32.8 Å². The van der Waals surface area contributed by atoms with Crippen molar-refractivity contribution in [2.45, 2.75) is 33.2 Å². The predicted molar refractivity (Wildman–Crippen MR) is 92.7 cm³/mol. The van der Waals surface area contributed by atoms with Crippen molar-refractivity contribution in [1.82, 2.24) is 15.5 Å². The van der Waals surface area contributed by atoms with Crippen LogP contribution in [0.1, 0.15) is 36.1 Å². The number of nitrogens with zero attached hydrogens (tertiary/aromatic N) is 1. The first-order valence-electron chi connectivity index (χ1n) is 8.48. The van der Waals surface area contributed by atoms with E-state index in [1.54, 1.807) is 0 Å². The van der Waals surface area contributed by atoms with E-state index in [2.05, 4.69) is 41.5 Å². The molecule has 0 unspecified atom stereocenters. The second-order valence-electron chi connectivity index (χ2n) is 6.23. The molecule has 1 aromatic carbocycles. The number of nitrogens with one attached hydrogen (secondary N) is 2. The molecule has 0 radical (unpaired) electrons. The van der Waals surface area contributed by atoms with E-state index in [1.165, 1.54) is 16.7 Å². The molecule has 1 saturated heterocycles. The van der Waals surface area contributed by atoms with Crippen LogP contribution in [0.3, 0.4) is 0 Å². The van der Waals surface area contributed by atoms with Crippen LogP contribution >= 0.6 is 0 Å². The largest absolute Gasteiger partial charge is 0.380 e. The number of benzene rings is 1. The molecule has 2 N–H and O–H groups in total. The van der Waals surface area contributed by atoms with Gasteiger partial charge in [-0.15, -0.1) is 0 Å². The minimum absolute atomic E-state index is 0.00258. The van der Waals surface area contributed by atoms with Gasteiger partial charge in [-0.2, -0.15) is 0 Å². The molecule has 0 spiro atoms. The highest BCUT2D eigenvalue weighted by molar-refractivity contribution is 5.74. The number of hydrogen-bond acceptors (Lipinski definition) is 3. The van der Waals surface area contributed by atoms with Gasteiger partial charge < -0.3 is 15.4 Å². The Balaban J connectivity index is 1.75. The van der Waals surface area contributed by atoms with Crippen molar-refractivity contribution in [3.8, 4) is 0 Å². The van der Waals surface area contributed by atoms with Crippen molar-refractivity contribution in [1.29, 1.82) is 0 Å². The van der Waals surface area contributed by atoms with E-state index < -0.39 is 0 Å². The summed E-state index contributed by atoms with van der Waals surface area (Å²) in [6.45, 7) is 11.3. The third kappa shape index (κ3) is 5.52. The molecule has 5 heteroatoms. The number of urea groups is 1. The summed E-state index contributed by atoms with van der Waals surface area (Å²) >= 11 is 0. The van der Waals surface area contributed by atoms with Crippen LogP contribution in [-0.2, 0) is 4.74 Å². The van der Waals surface area contributed by atoms with E-state index in [-0.39, 0.29) is 12.1 Å². The molecule has 1 aromatic rings. The lowest BCUT2D eigenvalue weighted by atomic mass is 9.97. The van der Waals surface area contributed by atoms with Gasteiger partial charge in [0.25, 0.3) is 0 Å². The SMILES string of the molecule is Cc1cccc(C)c1[C@H](C)NC(=O)NCCN1CCCOCC1. The van der Waals surface area contributed by atoms with Gasteiger partial charge in [0.05, 0.1) is 12.6 Å². The third-order valence-electron chi connectivity index (χ3n) is 4.35. The number of ether oxygens (including phenoxy) is 1. The van der Waals surface area contributed by atoms with Crippen LogP contribution < -0.4 is 10.6 Å². The second-order valence-corrected chi connectivity index (χ2v) is 6.23. The van der Waals surface area contributed by atoms with Crippen LogP contribution in [0.4, 0.5) is 4.79 Å². The molecule has 1 fully saturated rings. The van der Waals surface area contributed by atoms with Crippen LogP contribution in [0.15, 0.2) is 18.2 Å². The molecule has 0 aromatic heterocycles. The van der Waals surface area contributed by atoms with Crippen molar-refractivity contribution < 1.29 is 9.53 Å². The number of rotatable bonds is 5. The van der Waals surface area contributed by atoms with Crippen molar-refractivity contribution in [2.75, 3.05) is 39.4 Å². The van der Waals surface area contributed by atoms with Crippen LogP contribution in [0.5, 0.6) is 0 Å². The van der Waals surface area contributed by atoms with Gasteiger partial charge in [0.1, 0.15) is 0 Å². The van der Waals surface area contributed by atoms with Crippen LogP contribution in [0.25, 0.3) is 0 Å². The lowest BCUT2D eigenvalue weighted by molar-refractivity contribution is 0.141. The molecule has 0 saturated carbocycles. The highest BCUT2D eigenvalue weighted by Gasteiger charge is 2.14. The maximum Gasteiger partial charge on any atom is 0.315 e. The van der Waals surface area contributed by atoms with Gasteiger partial charge in [-0.25, -0.2) is 4.79 Å². The second kappa shape index (κ2) is 8.89. The number of carbonyl (C=O) groups excluding carboxylic acids is 1. The zero-order valence-electron chi connectivity index (χ0n) is 14.5. The minimum atomic E-state index is -0.105. The van der Waals surface area contributed by atoms with E-state index >= 15 is 0 Å². The Bertz CT molecular complexity index is 491. The zero-order valence-corrected chi connectivity index (χ0v) is 14.5. The maximum absolute atomic E-state index is 12.1. The van der Waals surface area contributed by atoms with Crippen molar-refractivity contribution >= 4 is 6.03 Å². The van der Waals surface area contributed by atoms with Gasteiger partial charge in [0.15, 0.2) is 0 Å². The predicted octanol–water partition coefficient (Wildman–Crippen LogP) is 2.39. The van der Waals surface area contributed by atoms with E-state index in [9.17, 15) is 4.79 Å². The molecular weight excluding hydrogens is 290 g/mol. The number of hydrogen-bond donors (Lipinski definition) is 2. The number of amides is 2. The normalized spacial score (nSPS) is 17.3. The third-order valence-corrected chi connectivity index (χ3v) is 4.35. The van der Waals surface area contributed by atoms with Crippen molar-refractivity contribution in [3.05, 3.63) is 34.9 Å². The Kier molecular flexibility index (Phi) is 6.86. The molecule has 2 rings (SSSR count).